The van der Waals surface area contributed by atoms with E-state index in [1.54, 1.807) is 6.92 Å². The van der Waals surface area contributed by atoms with Gasteiger partial charge in [-0.15, -0.1) is 0 Å². The number of nitrogens with two attached hydrogens (primary N) is 1. The molecule has 0 atom stereocenters. The van der Waals surface area contributed by atoms with Gasteiger partial charge in [0, 0.05) is 19.7 Å². The van der Waals surface area contributed by atoms with Gasteiger partial charge in [0.05, 0.1) is 6.61 Å². The van der Waals surface area contributed by atoms with E-state index < -0.39 is 10.2 Å². The van der Waals surface area contributed by atoms with Crippen molar-refractivity contribution in [3.8, 4) is 0 Å². The van der Waals surface area contributed by atoms with E-state index in [0.29, 0.717) is 26.3 Å². The highest BCUT2D eigenvalue weighted by Gasteiger charge is 2.13. The third-order valence-electron chi connectivity index (χ3n) is 1.40. The van der Waals surface area contributed by atoms with E-state index >= 15 is 0 Å². The van der Waals surface area contributed by atoms with Crippen LogP contribution in [-0.4, -0.2) is 39.0 Å². The van der Waals surface area contributed by atoms with Crippen molar-refractivity contribution in [1.29, 1.82) is 0 Å². The van der Waals surface area contributed by atoms with Crippen LogP contribution in [0.4, 0.5) is 0 Å². The lowest BCUT2D eigenvalue weighted by Gasteiger charge is -2.16. The Kier molecular flexibility index (Phi) is 5.39. The normalized spacial score (nSPS) is 12.3. The van der Waals surface area contributed by atoms with E-state index in [1.807, 2.05) is 6.92 Å². The third-order valence-corrected chi connectivity index (χ3v) is 2.56. The van der Waals surface area contributed by atoms with Crippen molar-refractivity contribution in [2.75, 3.05) is 26.3 Å². The zero-order chi connectivity index (χ0) is 9.61. The van der Waals surface area contributed by atoms with Crippen LogP contribution in [0.15, 0.2) is 0 Å². The molecule has 0 aliphatic heterocycles. The van der Waals surface area contributed by atoms with E-state index in [4.69, 9.17) is 9.88 Å². The monoisotopic (exact) mass is 196 g/mol. The van der Waals surface area contributed by atoms with Gasteiger partial charge in [-0.2, -0.15) is 12.7 Å². The van der Waals surface area contributed by atoms with Crippen molar-refractivity contribution in [1.82, 2.24) is 4.31 Å². The molecule has 0 radical (unpaired) electrons. The Morgan fingerprint density at radius 2 is 2.00 bits per heavy atom. The summed E-state index contributed by atoms with van der Waals surface area (Å²) in [5, 5.41) is 4.92. The average Bonchev–Trinajstić information content (AvgIpc) is 1.95. The van der Waals surface area contributed by atoms with E-state index in [0.717, 1.165) is 0 Å². The van der Waals surface area contributed by atoms with Crippen molar-refractivity contribution in [3.05, 3.63) is 0 Å². The van der Waals surface area contributed by atoms with Crippen LogP contribution >= 0.6 is 0 Å². The summed E-state index contributed by atoms with van der Waals surface area (Å²) >= 11 is 0. The van der Waals surface area contributed by atoms with Gasteiger partial charge in [-0.3, -0.25) is 0 Å². The van der Waals surface area contributed by atoms with Gasteiger partial charge in [0.1, 0.15) is 0 Å². The second-order valence-electron chi connectivity index (χ2n) is 2.23. The fraction of sp³-hybridized carbons (Fsp3) is 1.00. The summed E-state index contributed by atoms with van der Waals surface area (Å²) in [6.07, 6.45) is 0. The Bertz CT molecular complexity index is 203. The number of likely N-dealkylation sites (N-methyl/N-ethyl adjacent to an activating group) is 1. The smallest absolute Gasteiger partial charge is 0.276 e. The molecule has 0 aromatic rings. The second-order valence-corrected chi connectivity index (χ2v) is 3.78. The molecule has 2 N–H and O–H groups in total. The number of hydrogen-bond acceptors (Lipinski definition) is 3. The van der Waals surface area contributed by atoms with Gasteiger partial charge >= 0.3 is 0 Å². The maximum Gasteiger partial charge on any atom is 0.276 e. The Morgan fingerprint density at radius 1 is 1.42 bits per heavy atom. The van der Waals surface area contributed by atoms with E-state index in [1.165, 1.54) is 4.31 Å². The largest absolute Gasteiger partial charge is 0.380 e. The highest BCUT2D eigenvalue weighted by atomic mass is 32.2. The van der Waals surface area contributed by atoms with Crippen LogP contribution < -0.4 is 5.14 Å². The first kappa shape index (κ1) is 11.8. The fourth-order valence-corrected chi connectivity index (χ4v) is 1.46. The molecule has 0 aliphatic rings. The first-order valence-electron chi connectivity index (χ1n) is 3.88. The van der Waals surface area contributed by atoms with Crippen LogP contribution in [-0.2, 0) is 14.9 Å². The predicted molar refractivity (Wildman–Crippen MR) is 46.8 cm³/mol. The minimum Gasteiger partial charge on any atom is -0.380 e. The summed E-state index contributed by atoms with van der Waals surface area (Å²) < 4.78 is 27.8. The summed E-state index contributed by atoms with van der Waals surface area (Å²) in [6, 6.07) is 0. The highest BCUT2D eigenvalue weighted by Crippen LogP contribution is 1.92. The predicted octanol–water partition coefficient (Wildman–Crippen LogP) is -0.452. The van der Waals surface area contributed by atoms with Gasteiger partial charge in [-0.25, -0.2) is 5.14 Å². The van der Waals surface area contributed by atoms with Crippen LogP contribution in [0, 0.1) is 0 Å². The SMILES string of the molecule is CCOCCN(CC)S(N)(=O)=O. The molecule has 5 nitrogen and oxygen atoms in total. The van der Waals surface area contributed by atoms with Crippen molar-refractivity contribution < 1.29 is 13.2 Å². The molecule has 0 saturated heterocycles. The molecule has 0 fully saturated rings. The molecular formula is C6H16N2O3S. The van der Waals surface area contributed by atoms with Crippen molar-refractivity contribution >= 4 is 10.2 Å². The molecule has 6 heteroatoms. The zero-order valence-electron chi connectivity index (χ0n) is 7.49. The molecule has 0 saturated carbocycles. The lowest BCUT2D eigenvalue weighted by Crippen LogP contribution is -2.38. The number of hydrogen-bond donors (Lipinski definition) is 1. The number of ether oxygens (including phenoxy) is 1. The number of rotatable bonds is 6. The molecule has 0 rings (SSSR count). The molecule has 12 heavy (non-hydrogen) atoms. The van der Waals surface area contributed by atoms with E-state index in [9.17, 15) is 8.42 Å². The Labute approximate surface area is 73.7 Å². The second kappa shape index (κ2) is 5.47. The van der Waals surface area contributed by atoms with Crippen LogP contribution in [0.2, 0.25) is 0 Å². The number of nitrogens with zero attached hydrogens (tertiary/aromatic N) is 1. The first-order chi connectivity index (χ1) is 5.52. The summed E-state index contributed by atoms with van der Waals surface area (Å²) in [4.78, 5) is 0. The molecule has 74 valence electrons. The average molecular weight is 196 g/mol. The van der Waals surface area contributed by atoms with Gasteiger partial charge in [0.25, 0.3) is 10.2 Å². The molecule has 0 aliphatic carbocycles. The van der Waals surface area contributed by atoms with Crippen molar-refractivity contribution in [3.63, 3.8) is 0 Å². The van der Waals surface area contributed by atoms with Crippen LogP contribution in [0.1, 0.15) is 13.8 Å². The molecule has 0 spiro atoms. The summed E-state index contributed by atoms with van der Waals surface area (Å²) in [5.41, 5.74) is 0. The maximum atomic E-state index is 10.8. The minimum atomic E-state index is -3.54. The Morgan fingerprint density at radius 3 is 2.33 bits per heavy atom. The van der Waals surface area contributed by atoms with E-state index in [-0.39, 0.29) is 0 Å². The fourth-order valence-electron chi connectivity index (χ4n) is 0.776. The van der Waals surface area contributed by atoms with Gasteiger partial charge in [0.15, 0.2) is 0 Å². The molecule has 0 aromatic carbocycles. The summed E-state index contributed by atoms with van der Waals surface area (Å²) in [6.45, 7) is 5.27. The van der Waals surface area contributed by atoms with Gasteiger partial charge < -0.3 is 4.74 Å². The van der Waals surface area contributed by atoms with Gasteiger partial charge in [0.2, 0.25) is 0 Å². The Balaban J connectivity index is 3.85. The summed E-state index contributed by atoms with van der Waals surface area (Å²) in [5.74, 6) is 0. The molecule has 0 aromatic heterocycles. The summed E-state index contributed by atoms with van der Waals surface area (Å²) in [7, 11) is -3.54. The molecule has 0 amide bonds. The lowest BCUT2D eigenvalue weighted by atomic mass is 10.6. The Hall–Kier alpha value is -0.170. The zero-order valence-corrected chi connectivity index (χ0v) is 8.30. The lowest BCUT2D eigenvalue weighted by molar-refractivity contribution is 0.135. The van der Waals surface area contributed by atoms with E-state index in [2.05, 4.69) is 0 Å². The molecule has 0 bridgehead atoms. The topological polar surface area (TPSA) is 72.6 Å². The van der Waals surface area contributed by atoms with Gasteiger partial charge in [-0.1, -0.05) is 6.92 Å². The molecular weight excluding hydrogens is 180 g/mol. The van der Waals surface area contributed by atoms with Gasteiger partial charge in [-0.05, 0) is 6.92 Å². The quantitative estimate of drug-likeness (QED) is 0.585. The third kappa shape index (κ3) is 4.66. The van der Waals surface area contributed by atoms with Crippen molar-refractivity contribution in [2.45, 2.75) is 13.8 Å². The minimum absolute atomic E-state index is 0.323. The highest BCUT2D eigenvalue weighted by molar-refractivity contribution is 7.86. The molecule has 0 unspecified atom stereocenters. The maximum absolute atomic E-state index is 10.8. The first-order valence-corrected chi connectivity index (χ1v) is 5.38. The standard InChI is InChI=1S/C6H16N2O3S/c1-3-8(12(7,9)10)5-6-11-4-2/h3-6H2,1-2H3,(H2,7,9,10). The van der Waals surface area contributed by atoms with Crippen LogP contribution in [0.5, 0.6) is 0 Å². The molecule has 0 heterocycles. The van der Waals surface area contributed by atoms with Crippen molar-refractivity contribution in [2.24, 2.45) is 5.14 Å². The van der Waals surface area contributed by atoms with Crippen LogP contribution in [0.3, 0.4) is 0 Å². The van der Waals surface area contributed by atoms with Crippen LogP contribution in [0.25, 0.3) is 0 Å².